The van der Waals surface area contributed by atoms with Crippen LogP contribution in [-0.2, 0) is 11.3 Å². The van der Waals surface area contributed by atoms with Crippen molar-refractivity contribution >= 4 is 23.1 Å². The van der Waals surface area contributed by atoms with Gasteiger partial charge in [-0.25, -0.2) is 13.9 Å². The molecule has 0 spiro atoms. The number of nitrogens with zero attached hydrogens (tertiary/aromatic N) is 4. The van der Waals surface area contributed by atoms with Crippen LogP contribution >= 0.6 is 0 Å². The molecule has 34 heavy (non-hydrogen) atoms. The first-order valence-electron chi connectivity index (χ1n) is 10.9. The molecule has 178 valence electrons. The molecule has 3 aromatic rings. The molecule has 1 saturated heterocycles. The zero-order valence-corrected chi connectivity index (χ0v) is 18.7. The van der Waals surface area contributed by atoms with Gasteiger partial charge in [-0.15, -0.1) is 0 Å². The van der Waals surface area contributed by atoms with Gasteiger partial charge in [0.1, 0.15) is 23.6 Å². The highest BCUT2D eigenvalue weighted by Crippen LogP contribution is 2.36. The maximum atomic E-state index is 14.4. The normalized spacial score (nSPS) is 16.9. The van der Waals surface area contributed by atoms with E-state index in [4.69, 9.17) is 9.47 Å². The lowest BCUT2D eigenvalue weighted by atomic mass is 10.0. The molecular formula is C23H24FN5O5. The van der Waals surface area contributed by atoms with E-state index in [-0.39, 0.29) is 30.7 Å². The molecule has 4 heterocycles. The van der Waals surface area contributed by atoms with Crippen molar-refractivity contribution in [2.24, 2.45) is 0 Å². The molecule has 2 aromatic heterocycles. The maximum Gasteiger partial charge on any atom is 0.261 e. The lowest BCUT2D eigenvalue weighted by Crippen LogP contribution is -2.42. The molecule has 2 amide bonds. The van der Waals surface area contributed by atoms with Crippen LogP contribution in [0.25, 0.3) is 5.65 Å². The van der Waals surface area contributed by atoms with Gasteiger partial charge in [-0.2, -0.15) is 5.10 Å². The lowest BCUT2D eigenvalue weighted by Gasteiger charge is -2.28. The monoisotopic (exact) mass is 469 g/mol. The van der Waals surface area contributed by atoms with E-state index in [9.17, 15) is 19.1 Å². The van der Waals surface area contributed by atoms with E-state index in [1.165, 1.54) is 29.5 Å². The summed E-state index contributed by atoms with van der Waals surface area (Å²) < 4.78 is 27.1. The SMILES string of the molecule is CC(C)(O)[C@H](F)CN1Cc2cc(NC(=O)c3cnn4cccnc34)c(OC3COC3)cc2C1=O. The molecule has 2 aliphatic heterocycles. The summed E-state index contributed by atoms with van der Waals surface area (Å²) in [5.74, 6) is -0.476. The minimum atomic E-state index is -1.61. The van der Waals surface area contributed by atoms with Crippen LogP contribution in [0.2, 0.25) is 0 Å². The first-order chi connectivity index (χ1) is 16.2. The number of benzene rings is 1. The highest BCUT2D eigenvalue weighted by Gasteiger charge is 2.36. The van der Waals surface area contributed by atoms with Crippen LogP contribution in [0.5, 0.6) is 5.75 Å². The molecule has 0 radical (unpaired) electrons. The topological polar surface area (TPSA) is 118 Å². The van der Waals surface area contributed by atoms with Crippen LogP contribution < -0.4 is 10.1 Å². The number of aromatic nitrogens is 3. The van der Waals surface area contributed by atoms with E-state index in [0.717, 1.165) is 0 Å². The number of ether oxygens (including phenoxy) is 2. The van der Waals surface area contributed by atoms with Gasteiger partial charge < -0.3 is 24.8 Å². The van der Waals surface area contributed by atoms with Gasteiger partial charge in [-0.05, 0) is 37.6 Å². The molecule has 1 atom stereocenters. The Morgan fingerprint density at radius 2 is 2.21 bits per heavy atom. The fraction of sp³-hybridized carbons (Fsp3) is 0.391. The molecule has 0 bridgehead atoms. The summed E-state index contributed by atoms with van der Waals surface area (Å²) in [5.41, 5.74) is 0.474. The fourth-order valence-electron chi connectivity index (χ4n) is 3.80. The molecule has 2 aliphatic rings. The van der Waals surface area contributed by atoms with Crippen LogP contribution in [0.3, 0.4) is 0 Å². The zero-order valence-electron chi connectivity index (χ0n) is 18.7. The zero-order chi connectivity index (χ0) is 24.0. The van der Waals surface area contributed by atoms with Gasteiger partial charge in [0.25, 0.3) is 11.8 Å². The number of anilines is 1. The van der Waals surface area contributed by atoms with Crippen LogP contribution in [-0.4, -0.2) is 74.1 Å². The van der Waals surface area contributed by atoms with Crippen molar-refractivity contribution in [1.29, 1.82) is 0 Å². The minimum Gasteiger partial charge on any atom is -0.483 e. The standard InChI is InChI=1S/C23H24FN5O5/c1-23(2,32)19(24)10-28-9-13-6-17(18(7-15(13)22(28)31)34-14-11-33-12-14)27-21(30)16-8-26-29-5-3-4-25-20(16)29/h3-8,14,19,32H,9-12H2,1-2H3,(H,27,30)/t19-/m1/s1. The second-order valence-electron chi connectivity index (χ2n) is 8.99. The van der Waals surface area contributed by atoms with Crippen molar-refractivity contribution < 1.29 is 28.6 Å². The summed E-state index contributed by atoms with van der Waals surface area (Å²) in [6, 6.07) is 4.94. The predicted octanol–water partition coefficient (Wildman–Crippen LogP) is 1.82. The number of hydrogen-bond donors (Lipinski definition) is 2. The number of alkyl halides is 1. The predicted molar refractivity (Wildman–Crippen MR) is 119 cm³/mol. The number of carbonyl (C=O) groups is 2. The molecule has 1 fully saturated rings. The Morgan fingerprint density at radius 3 is 2.91 bits per heavy atom. The highest BCUT2D eigenvalue weighted by molar-refractivity contribution is 6.09. The Hall–Kier alpha value is -3.57. The van der Waals surface area contributed by atoms with Crippen molar-refractivity contribution in [3.63, 3.8) is 0 Å². The number of amides is 2. The summed E-state index contributed by atoms with van der Waals surface area (Å²) in [7, 11) is 0. The van der Waals surface area contributed by atoms with Crippen molar-refractivity contribution in [3.8, 4) is 5.75 Å². The van der Waals surface area contributed by atoms with Gasteiger partial charge in [0.2, 0.25) is 0 Å². The van der Waals surface area contributed by atoms with Crippen LogP contribution in [0.15, 0.2) is 36.8 Å². The van der Waals surface area contributed by atoms with Crippen molar-refractivity contribution in [2.75, 3.05) is 25.1 Å². The van der Waals surface area contributed by atoms with E-state index in [1.54, 1.807) is 30.6 Å². The molecule has 10 nitrogen and oxygen atoms in total. The van der Waals surface area contributed by atoms with Gasteiger partial charge >= 0.3 is 0 Å². The molecule has 0 saturated carbocycles. The number of carbonyl (C=O) groups excluding carboxylic acids is 2. The number of fused-ring (bicyclic) bond motifs is 2. The summed E-state index contributed by atoms with van der Waals surface area (Å²) in [4.78, 5) is 31.5. The average molecular weight is 469 g/mol. The molecule has 11 heteroatoms. The highest BCUT2D eigenvalue weighted by atomic mass is 19.1. The maximum absolute atomic E-state index is 14.4. The Kier molecular flexibility index (Phi) is 5.45. The first-order valence-corrected chi connectivity index (χ1v) is 10.9. The number of rotatable bonds is 7. The van der Waals surface area contributed by atoms with Gasteiger partial charge in [0.15, 0.2) is 5.65 Å². The van der Waals surface area contributed by atoms with E-state index < -0.39 is 17.7 Å². The number of halogens is 1. The summed E-state index contributed by atoms with van der Waals surface area (Å²) >= 11 is 0. The van der Waals surface area contributed by atoms with Gasteiger partial charge in [-0.3, -0.25) is 9.59 Å². The molecular weight excluding hydrogens is 445 g/mol. The first kappa shape index (κ1) is 22.2. The average Bonchev–Trinajstić information content (AvgIpc) is 3.31. The smallest absolute Gasteiger partial charge is 0.261 e. The minimum absolute atomic E-state index is 0.151. The van der Waals surface area contributed by atoms with E-state index in [1.807, 2.05) is 0 Å². The summed E-state index contributed by atoms with van der Waals surface area (Å²) in [5, 5.41) is 16.9. The van der Waals surface area contributed by atoms with Crippen molar-refractivity contribution in [2.45, 2.75) is 38.3 Å². The van der Waals surface area contributed by atoms with Crippen molar-refractivity contribution in [3.05, 3.63) is 53.5 Å². The summed E-state index contributed by atoms with van der Waals surface area (Å²) in [6.07, 6.45) is 2.86. The second kappa shape index (κ2) is 8.33. The van der Waals surface area contributed by atoms with Crippen LogP contribution in [0.1, 0.15) is 40.1 Å². The fourth-order valence-corrected chi connectivity index (χ4v) is 3.80. The van der Waals surface area contributed by atoms with Gasteiger partial charge in [0.05, 0.1) is 37.2 Å². The Labute approximate surface area is 194 Å². The largest absolute Gasteiger partial charge is 0.483 e. The second-order valence-corrected chi connectivity index (χ2v) is 8.99. The quantitative estimate of drug-likeness (QED) is 0.542. The lowest BCUT2D eigenvalue weighted by molar-refractivity contribution is -0.0794. The van der Waals surface area contributed by atoms with E-state index in [2.05, 4.69) is 15.4 Å². The Bertz CT molecular complexity index is 1270. The van der Waals surface area contributed by atoms with Gasteiger partial charge in [-0.1, -0.05) is 0 Å². The van der Waals surface area contributed by atoms with Crippen LogP contribution in [0.4, 0.5) is 10.1 Å². The van der Waals surface area contributed by atoms with E-state index in [0.29, 0.717) is 41.4 Å². The molecule has 5 rings (SSSR count). The summed E-state index contributed by atoms with van der Waals surface area (Å²) in [6.45, 7) is 3.43. The third-order valence-corrected chi connectivity index (χ3v) is 5.90. The Morgan fingerprint density at radius 1 is 1.41 bits per heavy atom. The Balaban J connectivity index is 1.44. The third-order valence-electron chi connectivity index (χ3n) is 5.90. The van der Waals surface area contributed by atoms with Gasteiger partial charge in [0, 0.05) is 24.5 Å². The van der Waals surface area contributed by atoms with Crippen LogP contribution in [0, 0.1) is 0 Å². The number of aliphatic hydroxyl groups is 1. The molecule has 0 unspecified atom stereocenters. The molecule has 2 N–H and O–H groups in total. The third kappa shape index (κ3) is 4.08. The van der Waals surface area contributed by atoms with E-state index >= 15 is 0 Å². The molecule has 1 aromatic carbocycles. The molecule has 0 aliphatic carbocycles. The van der Waals surface area contributed by atoms with Crippen molar-refractivity contribution in [1.82, 2.24) is 19.5 Å². The number of nitrogens with one attached hydrogen (secondary N) is 1. The number of hydrogen-bond acceptors (Lipinski definition) is 7.